The van der Waals surface area contributed by atoms with E-state index in [0.717, 1.165) is 10.8 Å². The smallest absolute Gasteiger partial charge is 0.238 e. The fourth-order valence-corrected chi connectivity index (χ4v) is 2.27. The molecule has 96 valence electrons. The molecule has 0 saturated carbocycles. The van der Waals surface area contributed by atoms with Gasteiger partial charge < -0.3 is 4.74 Å². The predicted molar refractivity (Wildman–Crippen MR) is 71.1 cm³/mol. The topological polar surface area (TPSA) is 69.4 Å². The third kappa shape index (κ3) is 2.80. The van der Waals surface area contributed by atoms with Crippen LogP contribution in [-0.4, -0.2) is 14.5 Å². The van der Waals surface area contributed by atoms with Crippen molar-refractivity contribution in [2.45, 2.75) is 24.8 Å². The van der Waals surface area contributed by atoms with Crippen LogP contribution in [0.5, 0.6) is 5.75 Å². The fourth-order valence-electron chi connectivity index (χ4n) is 1.73. The predicted octanol–water partition coefficient (Wildman–Crippen LogP) is 2.27. The van der Waals surface area contributed by atoms with Gasteiger partial charge in [0.2, 0.25) is 10.0 Å². The second-order valence-corrected chi connectivity index (χ2v) is 5.94. The van der Waals surface area contributed by atoms with Crippen molar-refractivity contribution in [2.24, 2.45) is 5.14 Å². The molecular weight excluding hydrogens is 250 g/mol. The molecule has 0 bridgehead atoms. The summed E-state index contributed by atoms with van der Waals surface area (Å²) in [6.07, 6.45) is 0.0730. The third-order valence-corrected chi connectivity index (χ3v) is 3.39. The first kappa shape index (κ1) is 12.9. The number of hydrogen-bond donors (Lipinski definition) is 1. The average Bonchev–Trinajstić information content (AvgIpc) is 2.26. The standard InChI is InChI=1S/C13H15NO3S/c1-9(2)17-12-5-3-10-4-6-13(18(14,15)16)8-11(10)7-12/h3-9H,1-2H3,(H2,14,15,16). The quantitative estimate of drug-likeness (QED) is 0.925. The lowest BCUT2D eigenvalue weighted by Crippen LogP contribution is -2.11. The number of ether oxygens (including phenoxy) is 1. The van der Waals surface area contributed by atoms with Crippen molar-refractivity contribution >= 4 is 20.8 Å². The first-order valence-electron chi connectivity index (χ1n) is 5.59. The minimum atomic E-state index is -3.67. The van der Waals surface area contributed by atoms with E-state index in [0.29, 0.717) is 5.75 Å². The highest BCUT2D eigenvalue weighted by Gasteiger charge is 2.08. The Morgan fingerprint density at radius 2 is 1.72 bits per heavy atom. The summed E-state index contributed by atoms with van der Waals surface area (Å²) in [7, 11) is -3.67. The minimum Gasteiger partial charge on any atom is -0.491 e. The Kier molecular flexibility index (Phi) is 3.28. The van der Waals surface area contributed by atoms with Gasteiger partial charge in [0.05, 0.1) is 11.0 Å². The maximum atomic E-state index is 11.3. The highest BCUT2D eigenvalue weighted by atomic mass is 32.2. The Bertz CT molecular complexity index is 678. The molecule has 2 aromatic carbocycles. The van der Waals surface area contributed by atoms with Crippen LogP contribution >= 0.6 is 0 Å². The van der Waals surface area contributed by atoms with Crippen LogP contribution in [0, 0.1) is 0 Å². The molecule has 0 unspecified atom stereocenters. The van der Waals surface area contributed by atoms with Crippen molar-refractivity contribution in [3.8, 4) is 5.75 Å². The van der Waals surface area contributed by atoms with Crippen molar-refractivity contribution in [2.75, 3.05) is 0 Å². The number of sulfonamides is 1. The molecule has 5 heteroatoms. The Morgan fingerprint density at radius 1 is 1.06 bits per heavy atom. The molecule has 18 heavy (non-hydrogen) atoms. The molecule has 2 aromatic rings. The van der Waals surface area contributed by atoms with Crippen molar-refractivity contribution < 1.29 is 13.2 Å². The molecule has 0 aliphatic heterocycles. The van der Waals surface area contributed by atoms with Gasteiger partial charge in [0, 0.05) is 0 Å². The second kappa shape index (κ2) is 4.59. The highest BCUT2D eigenvalue weighted by molar-refractivity contribution is 7.89. The lowest BCUT2D eigenvalue weighted by Gasteiger charge is -2.10. The van der Waals surface area contributed by atoms with Gasteiger partial charge in [0.25, 0.3) is 0 Å². The maximum absolute atomic E-state index is 11.3. The van der Waals surface area contributed by atoms with E-state index in [2.05, 4.69) is 0 Å². The van der Waals surface area contributed by atoms with Crippen molar-refractivity contribution in [3.05, 3.63) is 36.4 Å². The normalized spacial score (nSPS) is 12.0. The van der Waals surface area contributed by atoms with Crippen LogP contribution in [0.4, 0.5) is 0 Å². The zero-order valence-electron chi connectivity index (χ0n) is 10.3. The summed E-state index contributed by atoms with van der Waals surface area (Å²) in [4.78, 5) is 0.108. The highest BCUT2D eigenvalue weighted by Crippen LogP contribution is 2.24. The summed E-state index contributed by atoms with van der Waals surface area (Å²) in [6.45, 7) is 3.87. The monoisotopic (exact) mass is 265 g/mol. The van der Waals surface area contributed by atoms with E-state index in [-0.39, 0.29) is 11.0 Å². The van der Waals surface area contributed by atoms with Crippen LogP contribution in [0.1, 0.15) is 13.8 Å². The molecule has 0 fully saturated rings. The van der Waals surface area contributed by atoms with Crippen LogP contribution in [0.15, 0.2) is 41.3 Å². The Morgan fingerprint density at radius 3 is 2.33 bits per heavy atom. The molecule has 0 spiro atoms. The van der Waals surface area contributed by atoms with E-state index in [1.807, 2.05) is 32.0 Å². The van der Waals surface area contributed by atoms with Gasteiger partial charge in [-0.1, -0.05) is 12.1 Å². The Hall–Kier alpha value is -1.59. The summed E-state index contributed by atoms with van der Waals surface area (Å²) in [5, 5.41) is 6.84. The molecule has 0 aromatic heterocycles. The van der Waals surface area contributed by atoms with Crippen molar-refractivity contribution in [3.63, 3.8) is 0 Å². The molecule has 0 aliphatic rings. The lowest BCUT2D eigenvalue weighted by atomic mass is 10.1. The number of nitrogens with two attached hydrogens (primary N) is 1. The summed E-state index contributed by atoms with van der Waals surface area (Å²) in [6, 6.07) is 10.3. The molecule has 4 nitrogen and oxygen atoms in total. The van der Waals surface area contributed by atoms with Crippen LogP contribution in [0.2, 0.25) is 0 Å². The van der Waals surface area contributed by atoms with E-state index in [4.69, 9.17) is 9.88 Å². The number of benzene rings is 2. The maximum Gasteiger partial charge on any atom is 0.238 e. The molecule has 2 N–H and O–H groups in total. The van der Waals surface area contributed by atoms with E-state index < -0.39 is 10.0 Å². The molecule has 0 atom stereocenters. The molecule has 0 aliphatic carbocycles. The van der Waals surface area contributed by atoms with Crippen LogP contribution in [-0.2, 0) is 10.0 Å². The zero-order chi connectivity index (χ0) is 13.3. The first-order valence-corrected chi connectivity index (χ1v) is 7.14. The molecular formula is C13H15NO3S. The van der Waals surface area contributed by atoms with E-state index in [1.165, 1.54) is 6.07 Å². The number of rotatable bonds is 3. The fraction of sp³-hybridized carbons (Fsp3) is 0.231. The van der Waals surface area contributed by atoms with Gasteiger partial charge in [0.1, 0.15) is 5.75 Å². The molecule has 0 saturated heterocycles. The third-order valence-electron chi connectivity index (χ3n) is 2.48. The van der Waals surface area contributed by atoms with Gasteiger partial charge in [-0.15, -0.1) is 0 Å². The molecule has 2 rings (SSSR count). The van der Waals surface area contributed by atoms with Gasteiger partial charge in [-0.05, 0) is 48.9 Å². The summed E-state index contributed by atoms with van der Waals surface area (Å²) >= 11 is 0. The summed E-state index contributed by atoms with van der Waals surface area (Å²) in [5.74, 6) is 0.712. The Balaban J connectivity index is 2.53. The SMILES string of the molecule is CC(C)Oc1ccc2ccc(S(N)(=O)=O)cc2c1. The van der Waals surface area contributed by atoms with Crippen LogP contribution < -0.4 is 9.88 Å². The van der Waals surface area contributed by atoms with Gasteiger partial charge in [-0.2, -0.15) is 0 Å². The van der Waals surface area contributed by atoms with Crippen LogP contribution in [0.25, 0.3) is 10.8 Å². The van der Waals surface area contributed by atoms with Gasteiger partial charge in [-0.3, -0.25) is 0 Å². The van der Waals surface area contributed by atoms with Gasteiger partial charge in [0.15, 0.2) is 0 Å². The zero-order valence-corrected chi connectivity index (χ0v) is 11.1. The van der Waals surface area contributed by atoms with Gasteiger partial charge in [-0.25, -0.2) is 13.6 Å². The van der Waals surface area contributed by atoms with E-state index >= 15 is 0 Å². The van der Waals surface area contributed by atoms with Gasteiger partial charge >= 0.3 is 0 Å². The van der Waals surface area contributed by atoms with Crippen molar-refractivity contribution in [1.82, 2.24) is 0 Å². The summed E-state index contributed by atoms with van der Waals surface area (Å²) in [5.41, 5.74) is 0. The largest absolute Gasteiger partial charge is 0.491 e. The Labute approximate surface area is 106 Å². The number of primary sulfonamides is 1. The number of fused-ring (bicyclic) bond motifs is 1. The molecule has 0 heterocycles. The summed E-state index contributed by atoms with van der Waals surface area (Å²) < 4.78 is 28.1. The first-order chi connectivity index (χ1) is 8.36. The van der Waals surface area contributed by atoms with Crippen LogP contribution in [0.3, 0.4) is 0 Å². The van der Waals surface area contributed by atoms with Crippen molar-refractivity contribution in [1.29, 1.82) is 0 Å². The molecule has 0 amide bonds. The average molecular weight is 265 g/mol. The minimum absolute atomic E-state index is 0.0730. The van der Waals surface area contributed by atoms with E-state index in [9.17, 15) is 8.42 Å². The molecule has 0 radical (unpaired) electrons. The number of hydrogen-bond acceptors (Lipinski definition) is 3. The van der Waals surface area contributed by atoms with E-state index in [1.54, 1.807) is 12.1 Å². The lowest BCUT2D eigenvalue weighted by molar-refractivity contribution is 0.243. The second-order valence-electron chi connectivity index (χ2n) is 4.38.